The molecule has 0 atom stereocenters. The Kier molecular flexibility index (Phi) is 4.69. The van der Waals surface area contributed by atoms with Crippen molar-refractivity contribution in [3.8, 4) is 5.75 Å². The molecule has 0 aliphatic heterocycles. The summed E-state index contributed by atoms with van der Waals surface area (Å²) in [5, 5.41) is 12.0. The van der Waals surface area contributed by atoms with E-state index in [-0.39, 0.29) is 6.54 Å². The molecule has 0 fully saturated rings. The lowest BCUT2D eigenvalue weighted by Crippen LogP contribution is -2.23. The van der Waals surface area contributed by atoms with E-state index >= 15 is 0 Å². The second-order valence-electron chi connectivity index (χ2n) is 5.31. The standard InChI is InChI=1S/C17H9ClF4N2O2/c18-8-3-1-7(2-4-8)5-24-17(26)9-6-23-15-10(16(9)25)11(19)12(20)13(21)14(15)22/h1-4,6H,5H2,(H,23,25)(H,24,26). The van der Waals surface area contributed by atoms with Crippen molar-refractivity contribution in [1.29, 1.82) is 0 Å². The fourth-order valence-electron chi connectivity index (χ4n) is 2.33. The largest absolute Gasteiger partial charge is 0.506 e. The average molecular weight is 385 g/mol. The lowest BCUT2D eigenvalue weighted by atomic mass is 10.1. The minimum atomic E-state index is -2.11. The number of benzene rings is 2. The van der Waals surface area contributed by atoms with Crippen LogP contribution in [-0.4, -0.2) is 16.0 Å². The zero-order chi connectivity index (χ0) is 19.0. The highest BCUT2D eigenvalue weighted by molar-refractivity contribution is 6.30. The molecule has 0 saturated carbocycles. The number of aromatic nitrogens is 1. The number of halogens is 5. The van der Waals surface area contributed by atoms with Crippen LogP contribution in [0.2, 0.25) is 5.02 Å². The van der Waals surface area contributed by atoms with E-state index in [1.54, 1.807) is 24.3 Å². The monoisotopic (exact) mass is 384 g/mol. The van der Waals surface area contributed by atoms with Gasteiger partial charge in [-0.15, -0.1) is 0 Å². The molecule has 1 heterocycles. The minimum absolute atomic E-state index is 0.0438. The van der Waals surface area contributed by atoms with Crippen LogP contribution in [0.25, 0.3) is 10.9 Å². The molecule has 2 N–H and O–H groups in total. The van der Waals surface area contributed by atoms with Gasteiger partial charge in [0.15, 0.2) is 23.3 Å². The van der Waals surface area contributed by atoms with Crippen molar-refractivity contribution in [1.82, 2.24) is 10.3 Å². The van der Waals surface area contributed by atoms with E-state index in [0.717, 1.165) is 6.20 Å². The summed E-state index contributed by atoms with van der Waals surface area (Å²) in [5.41, 5.74) is -0.759. The number of carbonyl (C=O) groups is 1. The van der Waals surface area contributed by atoms with E-state index < -0.39 is 51.4 Å². The number of rotatable bonds is 3. The maximum atomic E-state index is 13.9. The molecule has 9 heteroatoms. The Morgan fingerprint density at radius 1 is 1.04 bits per heavy atom. The average Bonchev–Trinajstić information content (AvgIpc) is 2.63. The Labute approximate surface area is 149 Å². The summed E-state index contributed by atoms with van der Waals surface area (Å²) < 4.78 is 54.2. The Morgan fingerprint density at radius 2 is 1.65 bits per heavy atom. The van der Waals surface area contributed by atoms with Gasteiger partial charge in [-0.25, -0.2) is 17.6 Å². The molecule has 0 spiro atoms. The first-order chi connectivity index (χ1) is 12.3. The summed E-state index contributed by atoms with van der Waals surface area (Å²) in [6.07, 6.45) is 0.745. The second kappa shape index (κ2) is 6.80. The van der Waals surface area contributed by atoms with Gasteiger partial charge in [-0.05, 0) is 17.7 Å². The Balaban J connectivity index is 1.96. The number of hydrogen-bond acceptors (Lipinski definition) is 3. The number of nitrogens with one attached hydrogen (secondary N) is 1. The molecule has 0 bridgehead atoms. The van der Waals surface area contributed by atoms with Crippen LogP contribution in [0.15, 0.2) is 30.5 Å². The van der Waals surface area contributed by atoms with Crippen molar-refractivity contribution in [3.05, 3.63) is 69.9 Å². The zero-order valence-corrected chi connectivity index (χ0v) is 13.5. The summed E-state index contributed by atoms with van der Waals surface area (Å²) in [4.78, 5) is 15.6. The third kappa shape index (κ3) is 3.03. The van der Waals surface area contributed by atoms with Gasteiger partial charge in [0.1, 0.15) is 16.8 Å². The van der Waals surface area contributed by atoms with Crippen LogP contribution in [0.5, 0.6) is 5.75 Å². The van der Waals surface area contributed by atoms with Crippen molar-refractivity contribution in [2.75, 3.05) is 0 Å². The molecule has 134 valence electrons. The van der Waals surface area contributed by atoms with Crippen molar-refractivity contribution in [3.63, 3.8) is 0 Å². The highest BCUT2D eigenvalue weighted by Crippen LogP contribution is 2.33. The number of fused-ring (bicyclic) bond motifs is 1. The van der Waals surface area contributed by atoms with E-state index in [4.69, 9.17) is 11.6 Å². The van der Waals surface area contributed by atoms with Crippen molar-refractivity contribution in [2.45, 2.75) is 6.54 Å². The van der Waals surface area contributed by atoms with Crippen LogP contribution in [0.4, 0.5) is 17.6 Å². The van der Waals surface area contributed by atoms with Crippen molar-refractivity contribution in [2.24, 2.45) is 0 Å². The van der Waals surface area contributed by atoms with Gasteiger partial charge >= 0.3 is 0 Å². The Morgan fingerprint density at radius 3 is 2.31 bits per heavy atom. The number of hydrogen-bond donors (Lipinski definition) is 2. The molecule has 4 nitrogen and oxygen atoms in total. The lowest BCUT2D eigenvalue weighted by Gasteiger charge is -2.10. The third-order valence-corrected chi connectivity index (χ3v) is 3.92. The quantitative estimate of drug-likeness (QED) is 0.406. The van der Waals surface area contributed by atoms with E-state index in [2.05, 4.69) is 10.3 Å². The third-order valence-electron chi connectivity index (χ3n) is 3.67. The molecule has 0 aliphatic carbocycles. The second-order valence-corrected chi connectivity index (χ2v) is 5.75. The first kappa shape index (κ1) is 17.9. The normalized spacial score (nSPS) is 11.0. The molecule has 0 unspecified atom stereocenters. The van der Waals surface area contributed by atoms with Crippen LogP contribution >= 0.6 is 11.6 Å². The van der Waals surface area contributed by atoms with Gasteiger partial charge < -0.3 is 10.4 Å². The van der Waals surface area contributed by atoms with E-state index in [0.29, 0.717) is 10.6 Å². The zero-order valence-electron chi connectivity index (χ0n) is 12.8. The lowest BCUT2D eigenvalue weighted by molar-refractivity contribution is 0.0948. The molecule has 3 aromatic rings. The van der Waals surface area contributed by atoms with Gasteiger partial charge in [-0.2, -0.15) is 0 Å². The van der Waals surface area contributed by atoms with Gasteiger partial charge in [0.2, 0.25) is 0 Å². The van der Waals surface area contributed by atoms with Crippen molar-refractivity contribution >= 4 is 28.4 Å². The summed E-state index contributed by atoms with van der Waals surface area (Å²) in [6.45, 7) is 0.0438. The fraction of sp³-hybridized carbons (Fsp3) is 0.0588. The highest BCUT2D eigenvalue weighted by atomic mass is 35.5. The first-order valence-corrected chi connectivity index (χ1v) is 7.55. The summed E-state index contributed by atoms with van der Waals surface area (Å²) >= 11 is 5.75. The first-order valence-electron chi connectivity index (χ1n) is 7.17. The molecular weight excluding hydrogens is 376 g/mol. The summed E-state index contributed by atoms with van der Waals surface area (Å²) in [5.74, 6) is -9.67. The smallest absolute Gasteiger partial charge is 0.256 e. The van der Waals surface area contributed by atoms with Crippen LogP contribution in [0.1, 0.15) is 15.9 Å². The number of amides is 1. The topological polar surface area (TPSA) is 62.2 Å². The van der Waals surface area contributed by atoms with Gasteiger partial charge in [-0.1, -0.05) is 23.7 Å². The van der Waals surface area contributed by atoms with Crippen LogP contribution in [0, 0.1) is 23.3 Å². The van der Waals surface area contributed by atoms with Crippen LogP contribution < -0.4 is 5.32 Å². The number of pyridine rings is 1. The Bertz CT molecular complexity index is 1030. The molecule has 26 heavy (non-hydrogen) atoms. The fourth-order valence-corrected chi connectivity index (χ4v) is 2.45. The van der Waals surface area contributed by atoms with Gasteiger partial charge in [0.25, 0.3) is 5.91 Å². The van der Waals surface area contributed by atoms with Gasteiger partial charge in [0, 0.05) is 17.8 Å². The molecule has 1 amide bonds. The van der Waals surface area contributed by atoms with Crippen LogP contribution in [-0.2, 0) is 6.54 Å². The molecule has 0 radical (unpaired) electrons. The maximum Gasteiger partial charge on any atom is 0.256 e. The molecule has 0 saturated heterocycles. The van der Waals surface area contributed by atoms with E-state index in [9.17, 15) is 27.5 Å². The Hall–Kier alpha value is -2.87. The van der Waals surface area contributed by atoms with Gasteiger partial charge in [-0.3, -0.25) is 9.78 Å². The number of carbonyl (C=O) groups excluding carboxylic acids is 1. The van der Waals surface area contributed by atoms with Gasteiger partial charge in [0.05, 0.1) is 5.39 Å². The highest BCUT2D eigenvalue weighted by Gasteiger charge is 2.26. The molecule has 2 aromatic carbocycles. The number of nitrogens with zero attached hydrogens (tertiary/aromatic N) is 1. The van der Waals surface area contributed by atoms with Crippen LogP contribution in [0.3, 0.4) is 0 Å². The maximum absolute atomic E-state index is 13.9. The predicted molar refractivity (Wildman–Crippen MR) is 85.9 cm³/mol. The summed E-state index contributed by atoms with van der Waals surface area (Å²) in [6, 6.07) is 6.50. The summed E-state index contributed by atoms with van der Waals surface area (Å²) in [7, 11) is 0. The molecule has 1 aromatic heterocycles. The van der Waals surface area contributed by atoms with E-state index in [1.807, 2.05) is 0 Å². The molecular formula is C17H9ClF4N2O2. The minimum Gasteiger partial charge on any atom is -0.506 e. The SMILES string of the molecule is O=C(NCc1ccc(Cl)cc1)c1cnc2c(F)c(F)c(F)c(F)c2c1O. The molecule has 3 rings (SSSR count). The van der Waals surface area contributed by atoms with Crippen molar-refractivity contribution < 1.29 is 27.5 Å². The molecule has 0 aliphatic rings. The van der Waals surface area contributed by atoms with E-state index in [1.165, 1.54) is 0 Å². The predicted octanol–water partition coefficient (Wildman–Crippen LogP) is 4.08. The number of aromatic hydroxyl groups is 1.